The normalized spacial score (nSPS) is 21.1. The number of rotatable bonds is 8. The summed E-state index contributed by atoms with van der Waals surface area (Å²) >= 11 is 0. The van der Waals surface area contributed by atoms with Gasteiger partial charge in [0.25, 0.3) is 0 Å². The minimum atomic E-state index is -0.140. The van der Waals surface area contributed by atoms with Crippen LogP contribution in [-0.2, 0) is 4.74 Å². The number of hydrogen-bond acceptors (Lipinski definition) is 3. The minimum absolute atomic E-state index is 0.0222. The summed E-state index contributed by atoms with van der Waals surface area (Å²) in [5.41, 5.74) is 0. The molecule has 0 saturated carbocycles. The Morgan fingerprint density at radius 2 is 1.75 bits per heavy atom. The van der Waals surface area contributed by atoms with Crippen molar-refractivity contribution in [1.29, 1.82) is 0 Å². The van der Waals surface area contributed by atoms with Gasteiger partial charge >= 0.3 is 6.09 Å². The van der Waals surface area contributed by atoms with Crippen LogP contribution in [0.15, 0.2) is 0 Å². The van der Waals surface area contributed by atoms with E-state index in [1.54, 1.807) is 0 Å². The molecular formula is C16H32N2O2. The fourth-order valence-corrected chi connectivity index (χ4v) is 2.76. The second kappa shape index (κ2) is 7.87. The molecule has 1 amide bonds. The summed E-state index contributed by atoms with van der Waals surface area (Å²) in [5.74, 6) is 1.27. The standard InChI is InChI=1S/C16H32N2O2/c1-7-14(6)18-11-15(20-16(18)19)10-17(8-12(2)3)9-13(4)5/h12-15H,7-11H2,1-6H3. The van der Waals surface area contributed by atoms with Gasteiger partial charge in [-0.3, -0.25) is 4.90 Å². The zero-order valence-electron chi connectivity index (χ0n) is 14.1. The molecule has 1 aliphatic heterocycles. The zero-order valence-corrected chi connectivity index (χ0v) is 14.1. The van der Waals surface area contributed by atoms with Crippen LogP contribution < -0.4 is 0 Å². The highest BCUT2D eigenvalue weighted by molar-refractivity contribution is 5.70. The van der Waals surface area contributed by atoms with Gasteiger partial charge in [0.05, 0.1) is 6.54 Å². The van der Waals surface area contributed by atoms with Gasteiger partial charge in [0, 0.05) is 25.7 Å². The molecular weight excluding hydrogens is 252 g/mol. The molecule has 0 radical (unpaired) electrons. The van der Waals surface area contributed by atoms with Gasteiger partial charge in [-0.05, 0) is 25.2 Å². The monoisotopic (exact) mass is 284 g/mol. The quantitative estimate of drug-likeness (QED) is 0.686. The molecule has 1 heterocycles. The van der Waals surface area contributed by atoms with Crippen LogP contribution in [0.25, 0.3) is 0 Å². The summed E-state index contributed by atoms with van der Waals surface area (Å²) in [5, 5.41) is 0. The van der Waals surface area contributed by atoms with E-state index in [2.05, 4.69) is 46.4 Å². The van der Waals surface area contributed by atoms with Crippen LogP contribution in [0.4, 0.5) is 4.79 Å². The second-order valence-corrected chi connectivity index (χ2v) is 6.92. The summed E-state index contributed by atoms with van der Waals surface area (Å²) in [6.07, 6.45) is 0.858. The molecule has 0 spiro atoms. The molecule has 0 aliphatic carbocycles. The molecule has 118 valence electrons. The van der Waals surface area contributed by atoms with Crippen LogP contribution >= 0.6 is 0 Å². The highest BCUT2D eigenvalue weighted by atomic mass is 16.6. The molecule has 4 heteroatoms. The van der Waals surface area contributed by atoms with E-state index >= 15 is 0 Å². The lowest BCUT2D eigenvalue weighted by Gasteiger charge is -2.28. The van der Waals surface area contributed by atoms with Gasteiger partial charge in [-0.25, -0.2) is 4.79 Å². The van der Waals surface area contributed by atoms with Crippen molar-refractivity contribution in [1.82, 2.24) is 9.80 Å². The number of carbonyl (C=O) groups excluding carboxylic acids is 1. The first-order chi connectivity index (χ1) is 9.33. The molecule has 1 rings (SSSR count). The Morgan fingerprint density at radius 1 is 1.20 bits per heavy atom. The lowest BCUT2D eigenvalue weighted by molar-refractivity contribution is 0.0966. The van der Waals surface area contributed by atoms with E-state index in [1.165, 1.54) is 0 Å². The molecule has 1 saturated heterocycles. The molecule has 0 aromatic carbocycles. The van der Waals surface area contributed by atoms with Crippen molar-refractivity contribution in [2.75, 3.05) is 26.2 Å². The predicted molar refractivity (Wildman–Crippen MR) is 82.8 cm³/mol. The zero-order chi connectivity index (χ0) is 15.3. The predicted octanol–water partition coefficient (Wildman–Crippen LogP) is 3.22. The molecule has 2 atom stereocenters. The van der Waals surface area contributed by atoms with Crippen molar-refractivity contribution < 1.29 is 9.53 Å². The highest BCUT2D eigenvalue weighted by Gasteiger charge is 2.34. The maximum atomic E-state index is 11.9. The Labute approximate surface area is 124 Å². The maximum Gasteiger partial charge on any atom is 0.410 e. The summed E-state index contributed by atoms with van der Waals surface area (Å²) in [6, 6.07) is 0.274. The van der Waals surface area contributed by atoms with Crippen molar-refractivity contribution in [2.45, 2.75) is 60.1 Å². The van der Waals surface area contributed by atoms with E-state index in [9.17, 15) is 4.79 Å². The van der Waals surface area contributed by atoms with Crippen LogP contribution in [-0.4, -0.2) is 54.2 Å². The molecule has 0 bridgehead atoms. The number of nitrogens with zero attached hydrogens (tertiary/aromatic N) is 2. The average Bonchev–Trinajstić information content (AvgIpc) is 2.67. The molecule has 0 N–H and O–H groups in total. The Bertz CT molecular complexity index is 295. The summed E-state index contributed by atoms with van der Waals surface area (Å²) in [4.78, 5) is 16.2. The highest BCUT2D eigenvalue weighted by Crippen LogP contribution is 2.18. The van der Waals surface area contributed by atoms with Crippen LogP contribution in [0.5, 0.6) is 0 Å². The Morgan fingerprint density at radius 3 is 2.20 bits per heavy atom. The Hall–Kier alpha value is -0.770. The molecule has 1 fully saturated rings. The maximum absolute atomic E-state index is 11.9. The van der Waals surface area contributed by atoms with Crippen molar-refractivity contribution in [3.8, 4) is 0 Å². The topological polar surface area (TPSA) is 32.8 Å². The van der Waals surface area contributed by atoms with Gasteiger partial charge in [-0.15, -0.1) is 0 Å². The lowest BCUT2D eigenvalue weighted by Crippen LogP contribution is -2.40. The molecule has 20 heavy (non-hydrogen) atoms. The smallest absolute Gasteiger partial charge is 0.410 e. The van der Waals surface area contributed by atoms with E-state index in [1.807, 2.05) is 4.90 Å². The van der Waals surface area contributed by atoms with Gasteiger partial charge in [0.15, 0.2) is 0 Å². The van der Waals surface area contributed by atoms with Gasteiger partial charge in [0.1, 0.15) is 6.10 Å². The fourth-order valence-electron chi connectivity index (χ4n) is 2.76. The first-order valence-electron chi connectivity index (χ1n) is 8.03. The molecule has 1 aliphatic rings. The first-order valence-corrected chi connectivity index (χ1v) is 8.03. The number of carbonyl (C=O) groups is 1. The van der Waals surface area contributed by atoms with E-state index < -0.39 is 0 Å². The van der Waals surface area contributed by atoms with Crippen molar-refractivity contribution in [2.24, 2.45) is 11.8 Å². The molecule has 0 aromatic rings. The summed E-state index contributed by atoms with van der Waals surface area (Å²) in [7, 11) is 0. The van der Waals surface area contributed by atoms with E-state index in [0.717, 1.165) is 32.6 Å². The van der Waals surface area contributed by atoms with E-state index in [0.29, 0.717) is 11.8 Å². The SMILES string of the molecule is CCC(C)N1CC(CN(CC(C)C)CC(C)C)OC1=O. The lowest BCUT2D eigenvalue weighted by atomic mass is 10.1. The number of hydrogen-bond donors (Lipinski definition) is 0. The molecule has 0 aromatic heterocycles. The van der Waals surface area contributed by atoms with Gasteiger partial charge in [0.2, 0.25) is 0 Å². The Balaban J connectivity index is 2.55. The Kier molecular flexibility index (Phi) is 6.80. The summed E-state index contributed by atoms with van der Waals surface area (Å²) in [6.45, 7) is 16.9. The van der Waals surface area contributed by atoms with Crippen LogP contribution in [0, 0.1) is 11.8 Å². The van der Waals surface area contributed by atoms with Crippen LogP contribution in [0.2, 0.25) is 0 Å². The molecule has 2 unspecified atom stereocenters. The number of ether oxygens (including phenoxy) is 1. The molecule has 4 nitrogen and oxygen atoms in total. The minimum Gasteiger partial charge on any atom is -0.443 e. The third-order valence-corrected chi connectivity index (χ3v) is 3.73. The van der Waals surface area contributed by atoms with Crippen LogP contribution in [0.1, 0.15) is 48.0 Å². The van der Waals surface area contributed by atoms with Crippen LogP contribution in [0.3, 0.4) is 0 Å². The average molecular weight is 284 g/mol. The van der Waals surface area contributed by atoms with Crippen molar-refractivity contribution >= 4 is 6.09 Å². The van der Waals surface area contributed by atoms with E-state index in [-0.39, 0.29) is 18.2 Å². The van der Waals surface area contributed by atoms with Gasteiger partial charge in [-0.1, -0.05) is 34.6 Å². The summed E-state index contributed by atoms with van der Waals surface area (Å²) < 4.78 is 5.54. The number of cyclic esters (lactones) is 1. The third-order valence-electron chi connectivity index (χ3n) is 3.73. The first kappa shape index (κ1) is 17.3. The van der Waals surface area contributed by atoms with E-state index in [4.69, 9.17) is 4.74 Å². The second-order valence-electron chi connectivity index (χ2n) is 6.92. The van der Waals surface area contributed by atoms with Gasteiger partial charge < -0.3 is 9.64 Å². The van der Waals surface area contributed by atoms with Gasteiger partial charge in [-0.2, -0.15) is 0 Å². The third kappa shape index (κ3) is 5.31. The largest absolute Gasteiger partial charge is 0.443 e. The van der Waals surface area contributed by atoms with Crippen molar-refractivity contribution in [3.05, 3.63) is 0 Å². The fraction of sp³-hybridized carbons (Fsp3) is 0.938. The van der Waals surface area contributed by atoms with Crippen molar-refractivity contribution in [3.63, 3.8) is 0 Å². The number of amides is 1.